The molecule has 1 nitrogen and oxygen atoms in total. The van der Waals surface area contributed by atoms with Gasteiger partial charge >= 0.3 is 0 Å². The average Bonchev–Trinajstić information content (AvgIpc) is 2.72. The van der Waals surface area contributed by atoms with Crippen LogP contribution in [0.4, 0.5) is 0 Å². The molecule has 2 aliphatic rings. The molecule has 1 aliphatic carbocycles. The lowest BCUT2D eigenvalue weighted by Crippen LogP contribution is -2.04. The van der Waals surface area contributed by atoms with E-state index < -0.39 is 0 Å². The Morgan fingerprint density at radius 3 is 2.90 bits per heavy atom. The van der Waals surface area contributed by atoms with Crippen molar-refractivity contribution in [2.75, 3.05) is 0 Å². The Labute approximate surface area is 65.6 Å². The van der Waals surface area contributed by atoms with Gasteiger partial charge in [-0.3, -0.25) is 0 Å². The Kier molecular flexibility index (Phi) is 1.31. The third-order valence-corrected chi connectivity index (χ3v) is 3.31. The Morgan fingerprint density at radius 1 is 1.60 bits per heavy atom. The highest BCUT2D eigenvalue weighted by Gasteiger charge is 2.41. The zero-order valence-corrected chi connectivity index (χ0v) is 6.87. The maximum absolute atomic E-state index is 3.12. The molecule has 54 valence electrons. The molecule has 0 saturated heterocycles. The lowest BCUT2D eigenvalue weighted by Gasteiger charge is -2.13. The van der Waals surface area contributed by atoms with Crippen LogP contribution in [0.3, 0.4) is 0 Å². The monoisotopic (exact) mass is 153 g/mol. The number of allylic oxidation sites excluding steroid dienone is 1. The van der Waals surface area contributed by atoms with E-state index in [-0.39, 0.29) is 0 Å². The summed E-state index contributed by atoms with van der Waals surface area (Å²) in [6.45, 7) is 2.33. The van der Waals surface area contributed by atoms with Crippen LogP contribution in [0.15, 0.2) is 22.7 Å². The Bertz CT molecular complexity index is 201. The summed E-state index contributed by atoms with van der Waals surface area (Å²) >= 11 is 1.85. The third-order valence-electron chi connectivity index (χ3n) is 2.17. The van der Waals surface area contributed by atoms with Crippen LogP contribution in [0.2, 0.25) is 0 Å². The van der Waals surface area contributed by atoms with Crippen LogP contribution in [-0.4, -0.2) is 0 Å². The van der Waals surface area contributed by atoms with Crippen LogP contribution in [0.25, 0.3) is 0 Å². The summed E-state index contributed by atoms with van der Waals surface area (Å²) in [7, 11) is 0. The van der Waals surface area contributed by atoms with Crippen molar-refractivity contribution < 1.29 is 0 Å². The second kappa shape index (κ2) is 2.06. The van der Waals surface area contributed by atoms with Crippen LogP contribution < -0.4 is 5.32 Å². The topological polar surface area (TPSA) is 12.0 Å². The van der Waals surface area contributed by atoms with E-state index >= 15 is 0 Å². The van der Waals surface area contributed by atoms with Crippen molar-refractivity contribution in [3.63, 3.8) is 0 Å². The highest BCUT2D eigenvalue weighted by atomic mass is 32.2. The lowest BCUT2D eigenvalue weighted by molar-refractivity contribution is 0.726. The summed E-state index contributed by atoms with van der Waals surface area (Å²) < 4.78 is 0. The molecule has 10 heavy (non-hydrogen) atoms. The summed E-state index contributed by atoms with van der Waals surface area (Å²) in [6, 6.07) is 0. The van der Waals surface area contributed by atoms with Crippen LogP contribution >= 0.6 is 11.8 Å². The van der Waals surface area contributed by atoms with Crippen molar-refractivity contribution in [2.45, 2.75) is 19.8 Å². The molecule has 0 spiro atoms. The number of rotatable bonds is 1. The molecule has 1 N–H and O–H groups in total. The fourth-order valence-electron chi connectivity index (χ4n) is 1.05. The van der Waals surface area contributed by atoms with Gasteiger partial charge in [0.05, 0.1) is 0 Å². The molecule has 0 radical (unpaired) electrons. The second-order valence-electron chi connectivity index (χ2n) is 3.16. The maximum atomic E-state index is 3.12. The van der Waals surface area contributed by atoms with Gasteiger partial charge in [0.15, 0.2) is 0 Å². The van der Waals surface area contributed by atoms with E-state index in [2.05, 4.69) is 23.8 Å². The van der Waals surface area contributed by atoms with Crippen molar-refractivity contribution in [1.82, 2.24) is 5.32 Å². The Hall–Kier alpha value is -0.370. The molecule has 0 aromatic rings. The number of thioether (sulfide) groups is 1. The maximum Gasteiger partial charge on any atom is 0.0111 e. The smallest absolute Gasteiger partial charge is 0.0111 e. The summed E-state index contributed by atoms with van der Waals surface area (Å²) in [6.07, 6.45) is 6.82. The highest BCUT2D eigenvalue weighted by Crippen LogP contribution is 2.55. The summed E-state index contributed by atoms with van der Waals surface area (Å²) in [5, 5.41) is 5.23. The second-order valence-corrected chi connectivity index (χ2v) is 4.10. The molecule has 1 heterocycles. The fraction of sp³-hybridized carbons (Fsp3) is 0.500. The molecule has 0 aromatic carbocycles. The van der Waals surface area contributed by atoms with Crippen molar-refractivity contribution in [2.24, 2.45) is 5.41 Å². The first-order valence-corrected chi connectivity index (χ1v) is 4.48. The van der Waals surface area contributed by atoms with Gasteiger partial charge in [-0.1, -0.05) is 18.7 Å². The van der Waals surface area contributed by atoms with Crippen LogP contribution in [0, 0.1) is 5.41 Å². The molecule has 2 heteroatoms. The van der Waals surface area contributed by atoms with Gasteiger partial charge in [-0.05, 0) is 18.2 Å². The molecular formula is C8H11NS. The van der Waals surface area contributed by atoms with Gasteiger partial charge in [0, 0.05) is 22.7 Å². The van der Waals surface area contributed by atoms with Gasteiger partial charge < -0.3 is 5.32 Å². The zero-order valence-electron chi connectivity index (χ0n) is 6.05. The van der Waals surface area contributed by atoms with E-state index in [4.69, 9.17) is 0 Å². The summed E-state index contributed by atoms with van der Waals surface area (Å²) in [4.78, 5) is 1.50. The van der Waals surface area contributed by atoms with Gasteiger partial charge in [0.25, 0.3) is 0 Å². The SMILES string of the molecule is CC1(C2=CNC=CS2)CC1. The Balaban J connectivity index is 2.11. The number of hydrogen-bond acceptors (Lipinski definition) is 2. The molecule has 1 aliphatic heterocycles. The first kappa shape index (κ1) is 6.35. The molecule has 0 unspecified atom stereocenters. The van der Waals surface area contributed by atoms with Crippen molar-refractivity contribution in [3.8, 4) is 0 Å². The molecule has 0 bridgehead atoms. The number of hydrogen-bond donors (Lipinski definition) is 1. The van der Waals surface area contributed by atoms with E-state index in [1.807, 2.05) is 18.0 Å². The first-order chi connectivity index (χ1) is 4.81. The normalized spacial score (nSPS) is 27.1. The van der Waals surface area contributed by atoms with E-state index in [0.717, 1.165) is 0 Å². The number of nitrogens with one attached hydrogen (secondary N) is 1. The standard InChI is InChI=1S/C8H11NS/c1-8(2-3-8)7-6-9-4-5-10-7/h4-6,9H,2-3H2,1H3. The van der Waals surface area contributed by atoms with Gasteiger partial charge in [-0.25, -0.2) is 0 Å². The molecule has 2 rings (SSSR count). The predicted molar refractivity (Wildman–Crippen MR) is 45.3 cm³/mol. The van der Waals surface area contributed by atoms with E-state index in [1.165, 1.54) is 17.7 Å². The molecular weight excluding hydrogens is 142 g/mol. The first-order valence-electron chi connectivity index (χ1n) is 3.60. The average molecular weight is 153 g/mol. The zero-order chi connectivity index (χ0) is 7.03. The molecule has 1 fully saturated rings. The molecule has 0 atom stereocenters. The largest absolute Gasteiger partial charge is 0.366 e. The molecule has 0 aromatic heterocycles. The van der Waals surface area contributed by atoms with Crippen LogP contribution in [0.5, 0.6) is 0 Å². The van der Waals surface area contributed by atoms with Crippen LogP contribution in [-0.2, 0) is 0 Å². The molecule has 1 saturated carbocycles. The molecule has 0 amide bonds. The summed E-state index contributed by atoms with van der Waals surface area (Å²) in [5.41, 5.74) is 0.530. The van der Waals surface area contributed by atoms with Crippen molar-refractivity contribution >= 4 is 11.8 Å². The van der Waals surface area contributed by atoms with E-state index in [1.54, 1.807) is 0 Å². The summed E-state index contributed by atoms with van der Waals surface area (Å²) in [5.74, 6) is 0. The quantitative estimate of drug-likeness (QED) is 0.621. The van der Waals surface area contributed by atoms with Gasteiger partial charge in [0.2, 0.25) is 0 Å². The minimum absolute atomic E-state index is 0.530. The Morgan fingerprint density at radius 2 is 2.40 bits per heavy atom. The third kappa shape index (κ3) is 0.966. The highest BCUT2D eigenvalue weighted by molar-refractivity contribution is 8.05. The van der Waals surface area contributed by atoms with Crippen LogP contribution in [0.1, 0.15) is 19.8 Å². The van der Waals surface area contributed by atoms with Crippen molar-refractivity contribution in [1.29, 1.82) is 0 Å². The van der Waals surface area contributed by atoms with Crippen molar-refractivity contribution in [3.05, 3.63) is 22.7 Å². The predicted octanol–water partition coefficient (Wildman–Crippen LogP) is 2.44. The minimum Gasteiger partial charge on any atom is -0.366 e. The minimum atomic E-state index is 0.530. The van der Waals surface area contributed by atoms with E-state index in [0.29, 0.717) is 5.41 Å². The van der Waals surface area contributed by atoms with Gasteiger partial charge in [-0.15, -0.1) is 0 Å². The van der Waals surface area contributed by atoms with E-state index in [9.17, 15) is 0 Å². The fourth-order valence-corrected chi connectivity index (χ4v) is 1.97. The van der Waals surface area contributed by atoms with Gasteiger partial charge in [0.1, 0.15) is 0 Å². The van der Waals surface area contributed by atoms with Gasteiger partial charge in [-0.2, -0.15) is 0 Å². The lowest BCUT2D eigenvalue weighted by atomic mass is 10.1.